The van der Waals surface area contributed by atoms with Crippen molar-refractivity contribution in [2.75, 3.05) is 50.5 Å². The van der Waals surface area contributed by atoms with E-state index in [2.05, 4.69) is 50.7 Å². The van der Waals surface area contributed by atoms with Crippen LogP contribution in [0.5, 0.6) is 5.75 Å². The van der Waals surface area contributed by atoms with Gasteiger partial charge in [-0.15, -0.1) is 5.10 Å². The first-order chi connectivity index (χ1) is 23.8. The zero-order valence-corrected chi connectivity index (χ0v) is 28.8. The molecule has 3 aliphatic rings. The number of nitrogens with zero attached hydrogens (tertiary/aromatic N) is 5. The number of carbonyl (C=O) groups excluding carboxylic acids is 1. The Bertz CT molecular complexity index is 1840. The maximum atomic E-state index is 12.5. The molecule has 3 aromatic carbocycles. The number of hydrogen-bond acceptors (Lipinski definition) is 8. The van der Waals surface area contributed by atoms with E-state index in [1.165, 1.54) is 38.4 Å². The summed E-state index contributed by atoms with van der Waals surface area (Å²) in [7, 11) is -3.17. The van der Waals surface area contributed by atoms with E-state index >= 15 is 0 Å². The molecule has 258 valence electrons. The molecule has 0 saturated carbocycles. The zero-order valence-electron chi connectivity index (χ0n) is 28.0. The number of amides is 1. The third kappa shape index (κ3) is 7.75. The van der Waals surface area contributed by atoms with Gasteiger partial charge in [-0.3, -0.25) is 0 Å². The van der Waals surface area contributed by atoms with Crippen LogP contribution in [0, 0.1) is 5.92 Å². The van der Waals surface area contributed by atoms with Gasteiger partial charge in [0.15, 0.2) is 5.82 Å². The molecule has 0 radical (unpaired) electrons. The Hall–Kier alpha value is -4.42. The van der Waals surface area contributed by atoms with E-state index in [-0.39, 0.29) is 12.5 Å². The minimum absolute atomic E-state index is 0.0334. The SMILES string of the molecule is CS(=O)(=O)N1CCc2cc(OCCCC3CCN(c4cnn(CCNC(=O)OCC5c6ccccc6-c6ccccc65)n4)CC3)ccc2C1. The summed E-state index contributed by atoms with van der Waals surface area (Å²) in [6.45, 7) is 4.64. The van der Waals surface area contributed by atoms with Crippen LogP contribution >= 0.6 is 0 Å². The number of piperidine rings is 1. The van der Waals surface area contributed by atoms with E-state index in [4.69, 9.17) is 9.47 Å². The van der Waals surface area contributed by atoms with Crippen molar-refractivity contribution in [1.82, 2.24) is 24.6 Å². The molecule has 0 atom stereocenters. The lowest BCUT2D eigenvalue weighted by Gasteiger charge is -2.31. The second-order valence-corrected chi connectivity index (χ2v) is 15.2. The third-order valence-corrected chi connectivity index (χ3v) is 11.3. The summed E-state index contributed by atoms with van der Waals surface area (Å²) in [5, 5.41) is 11.9. The van der Waals surface area contributed by atoms with Gasteiger partial charge in [0.1, 0.15) is 12.4 Å². The average molecular weight is 685 g/mol. The highest BCUT2D eigenvalue weighted by Gasteiger charge is 2.29. The van der Waals surface area contributed by atoms with E-state index in [0.29, 0.717) is 45.1 Å². The van der Waals surface area contributed by atoms with Gasteiger partial charge in [0.05, 0.1) is 25.6 Å². The number of rotatable bonds is 12. The average Bonchev–Trinajstić information content (AvgIpc) is 3.71. The first kappa shape index (κ1) is 33.1. The Kier molecular flexibility index (Phi) is 9.86. The van der Waals surface area contributed by atoms with Crippen LogP contribution < -0.4 is 15.0 Å². The molecule has 49 heavy (non-hydrogen) atoms. The number of nitrogens with one attached hydrogen (secondary N) is 1. The van der Waals surface area contributed by atoms with Crippen LogP contribution in [0.3, 0.4) is 0 Å². The van der Waals surface area contributed by atoms with E-state index in [0.717, 1.165) is 55.9 Å². The second-order valence-electron chi connectivity index (χ2n) is 13.2. The molecule has 1 aliphatic carbocycles. The number of ether oxygens (including phenoxy) is 2. The molecule has 0 spiro atoms. The van der Waals surface area contributed by atoms with Gasteiger partial charge in [0, 0.05) is 38.6 Å². The summed E-state index contributed by atoms with van der Waals surface area (Å²) < 4.78 is 37.0. The fourth-order valence-corrected chi connectivity index (χ4v) is 8.13. The minimum atomic E-state index is -3.17. The number of aromatic nitrogens is 3. The van der Waals surface area contributed by atoms with Gasteiger partial charge in [0.2, 0.25) is 10.0 Å². The van der Waals surface area contributed by atoms with Crippen LogP contribution in [0.25, 0.3) is 11.1 Å². The maximum Gasteiger partial charge on any atom is 0.407 e. The summed E-state index contributed by atoms with van der Waals surface area (Å²) in [6, 6.07) is 22.6. The first-order valence-electron chi connectivity index (χ1n) is 17.3. The van der Waals surface area contributed by atoms with Crippen LogP contribution in [0.15, 0.2) is 72.9 Å². The van der Waals surface area contributed by atoms with Crippen LogP contribution in [-0.2, 0) is 34.3 Å². The van der Waals surface area contributed by atoms with Crippen molar-refractivity contribution in [1.29, 1.82) is 0 Å². The number of sulfonamides is 1. The van der Waals surface area contributed by atoms with E-state index < -0.39 is 16.1 Å². The molecule has 3 heterocycles. The largest absolute Gasteiger partial charge is 0.494 e. The molecule has 0 unspecified atom stereocenters. The smallest absolute Gasteiger partial charge is 0.407 e. The molecule has 1 aromatic heterocycles. The monoisotopic (exact) mass is 684 g/mol. The van der Waals surface area contributed by atoms with Gasteiger partial charge in [-0.25, -0.2) is 13.2 Å². The minimum Gasteiger partial charge on any atom is -0.494 e. The van der Waals surface area contributed by atoms with Crippen molar-refractivity contribution in [2.24, 2.45) is 5.92 Å². The number of carbonyl (C=O) groups is 1. The second kappa shape index (κ2) is 14.6. The summed E-state index contributed by atoms with van der Waals surface area (Å²) in [6.07, 6.45) is 7.67. The predicted molar refractivity (Wildman–Crippen MR) is 188 cm³/mol. The lowest BCUT2D eigenvalue weighted by atomic mass is 9.92. The number of alkyl carbamates (subject to hydrolysis) is 1. The van der Waals surface area contributed by atoms with Gasteiger partial charge in [0.25, 0.3) is 0 Å². The van der Waals surface area contributed by atoms with E-state index in [9.17, 15) is 13.2 Å². The maximum absolute atomic E-state index is 12.5. The summed E-state index contributed by atoms with van der Waals surface area (Å²) >= 11 is 0. The van der Waals surface area contributed by atoms with Crippen LogP contribution in [-0.4, -0.2) is 79.5 Å². The van der Waals surface area contributed by atoms with Crippen LogP contribution in [0.1, 0.15) is 53.9 Å². The standard InChI is InChI=1S/C37H44N6O5S/c1-49(45,46)42-20-16-28-23-30(13-12-29(28)25-42)47-22-6-7-27-14-18-41(19-15-27)36-24-39-43(40-36)21-17-38-37(44)48-26-35-33-10-4-2-8-31(33)32-9-3-5-11-34(32)35/h2-5,8-13,23-24,27,35H,6-7,14-22,25-26H2,1H3,(H,38,44). The molecule has 1 saturated heterocycles. The Balaban J connectivity index is 0.786. The molecule has 12 heteroatoms. The number of fused-ring (bicyclic) bond motifs is 4. The number of anilines is 1. The normalized spacial score (nSPS) is 16.6. The van der Waals surface area contributed by atoms with Gasteiger partial charge in [-0.2, -0.15) is 14.2 Å². The van der Waals surface area contributed by atoms with Gasteiger partial charge in [-0.1, -0.05) is 54.6 Å². The van der Waals surface area contributed by atoms with Crippen LogP contribution in [0.2, 0.25) is 0 Å². The molecular formula is C37H44N6O5S. The fourth-order valence-electron chi connectivity index (χ4n) is 7.34. The molecular weight excluding hydrogens is 641 g/mol. The summed E-state index contributed by atoms with van der Waals surface area (Å²) in [4.78, 5) is 16.5. The predicted octanol–water partition coefficient (Wildman–Crippen LogP) is 5.21. The van der Waals surface area contributed by atoms with Crippen molar-refractivity contribution in [3.05, 3.63) is 95.2 Å². The quantitative estimate of drug-likeness (QED) is 0.202. The molecule has 1 amide bonds. The molecule has 0 bridgehead atoms. The Morgan fingerprint density at radius 2 is 1.69 bits per heavy atom. The van der Waals surface area contributed by atoms with Crippen molar-refractivity contribution in [3.63, 3.8) is 0 Å². The molecule has 7 rings (SSSR count). The molecule has 2 aliphatic heterocycles. The zero-order chi connectivity index (χ0) is 33.8. The molecule has 1 N–H and O–H groups in total. The van der Waals surface area contributed by atoms with E-state index in [1.807, 2.05) is 36.4 Å². The Labute approximate surface area is 288 Å². The Morgan fingerprint density at radius 1 is 0.959 bits per heavy atom. The summed E-state index contributed by atoms with van der Waals surface area (Å²) in [5.74, 6) is 2.42. The number of hydrogen-bond donors (Lipinski definition) is 1. The van der Waals surface area contributed by atoms with Crippen molar-refractivity contribution in [2.45, 2.75) is 51.1 Å². The van der Waals surface area contributed by atoms with Crippen molar-refractivity contribution < 1.29 is 22.7 Å². The molecule has 11 nitrogen and oxygen atoms in total. The Morgan fingerprint density at radius 3 is 2.43 bits per heavy atom. The van der Waals surface area contributed by atoms with E-state index in [1.54, 1.807) is 11.0 Å². The topological polar surface area (TPSA) is 119 Å². The van der Waals surface area contributed by atoms with Crippen molar-refractivity contribution >= 4 is 21.9 Å². The molecule has 4 aromatic rings. The number of benzene rings is 3. The highest BCUT2D eigenvalue weighted by Crippen LogP contribution is 2.44. The van der Waals surface area contributed by atoms with Gasteiger partial charge < -0.3 is 19.7 Å². The highest BCUT2D eigenvalue weighted by atomic mass is 32.2. The summed E-state index contributed by atoms with van der Waals surface area (Å²) in [5.41, 5.74) is 7.03. The first-order valence-corrected chi connectivity index (χ1v) is 19.1. The lowest BCUT2D eigenvalue weighted by molar-refractivity contribution is 0.142. The third-order valence-electron chi connectivity index (χ3n) is 10.0. The van der Waals surface area contributed by atoms with Gasteiger partial charge >= 0.3 is 6.09 Å². The fraction of sp³-hybridized carbons (Fsp3) is 0.432. The highest BCUT2D eigenvalue weighted by molar-refractivity contribution is 7.88. The van der Waals surface area contributed by atoms with Gasteiger partial charge in [-0.05, 0) is 83.5 Å². The molecule has 1 fully saturated rings. The lowest BCUT2D eigenvalue weighted by Crippen LogP contribution is -2.35. The van der Waals surface area contributed by atoms with Crippen LogP contribution in [0.4, 0.5) is 10.6 Å². The van der Waals surface area contributed by atoms with Crippen molar-refractivity contribution in [3.8, 4) is 16.9 Å².